The lowest BCUT2D eigenvalue weighted by molar-refractivity contribution is -0.126. The van der Waals surface area contributed by atoms with E-state index < -0.39 is 0 Å². The van der Waals surface area contributed by atoms with Crippen molar-refractivity contribution in [2.24, 2.45) is 17.6 Å². The van der Waals surface area contributed by atoms with Gasteiger partial charge in [0.15, 0.2) is 0 Å². The van der Waals surface area contributed by atoms with E-state index in [0.717, 1.165) is 38.5 Å². The first kappa shape index (κ1) is 14.8. The van der Waals surface area contributed by atoms with Gasteiger partial charge < -0.3 is 16.4 Å². The molecule has 4 unspecified atom stereocenters. The zero-order valence-corrected chi connectivity index (χ0v) is 12.6. The molecule has 21 heavy (non-hydrogen) atoms. The Balaban J connectivity index is 1.44. The van der Waals surface area contributed by atoms with Crippen molar-refractivity contribution in [2.75, 3.05) is 0 Å². The summed E-state index contributed by atoms with van der Waals surface area (Å²) < 4.78 is 0. The third kappa shape index (κ3) is 3.76. The number of rotatable bonds is 4. The summed E-state index contributed by atoms with van der Waals surface area (Å²) in [6, 6.07) is 1.41. The number of hydrogen-bond donors (Lipinski definition) is 3. The Morgan fingerprint density at radius 1 is 1.05 bits per heavy atom. The third-order valence-corrected chi connectivity index (χ3v) is 5.49. The molecule has 2 aliphatic heterocycles. The molecule has 0 radical (unpaired) electrons. The normalized spacial score (nSPS) is 39.0. The predicted molar refractivity (Wildman–Crippen MR) is 80.4 cm³/mol. The van der Waals surface area contributed by atoms with Crippen molar-refractivity contribution in [1.82, 2.24) is 10.6 Å². The first-order valence-electron chi connectivity index (χ1n) is 8.45. The minimum atomic E-state index is -0.219. The van der Waals surface area contributed by atoms with Gasteiger partial charge >= 0.3 is 0 Å². The fraction of sp³-hybridized carbons (Fsp3) is 0.875. The van der Waals surface area contributed by atoms with Crippen molar-refractivity contribution >= 4 is 11.8 Å². The summed E-state index contributed by atoms with van der Waals surface area (Å²) >= 11 is 0. The summed E-state index contributed by atoms with van der Waals surface area (Å²) in [4.78, 5) is 23.5. The van der Waals surface area contributed by atoms with E-state index in [9.17, 15) is 9.59 Å². The van der Waals surface area contributed by atoms with Crippen LogP contribution < -0.4 is 16.4 Å². The number of nitrogens with one attached hydrogen (secondary N) is 2. The topological polar surface area (TPSA) is 84.2 Å². The molecule has 2 amide bonds. The largest absolute Gasteiger partial charge is 0.369 e. The minimum Gasteiger partial charge on any atom is -0.369 e. The molecule has 4 atom stereocenters. The van der Waals surface area contributed by atoms with E-state index in [2.05, 4.69) is 10.6 Å². The van der Waals surface area contributed by atoms with Crippen molar-refractivity contribution < 1.29 is 9.59 Å². The maximum absolute atomic E-state index is 12.2. The highest BCUT2D eigenvalue weighted by molar-refractivity contribution is 5.78. The number of fused-ring (bicyclic) bond motifs is 2. The second kappa shape index (κ2) is 6.34. The molecule has 3 fully saturated rings. The highest BCUT2D eigenvalue weighted by Crippen LogP contribution is 2.32. The van der Waals surface area contributed by atoms with Crippen LogP contribution in [0.2, 0.25) is 0 Å². The Morgan fingerprint density at radius 2 is 1.76 bits per heavy atom. The van der Waals surface area contributed by atoms with E-state index in [1.54, 1.807) is 0 Å². The molecular formula is C16H27N3O2. The number of nitrogens with two attached hydrogens (primary N) is 1. The van der Waals surface area contributed by atoms with Crippen LogP contribution in [-0.2, 0) is 9.59 Å². The van der Waals surface area contributed by atoms with Gasteiger partial charge in [-0.05, 0) is 50.9 Å². The lowest BCUT2D eigenvalue weighted by Gasteiger charge is -2.31. The Bertz CT molecular complexity index is 400. The lowest BCUT2D eigenvalue weighted by atomic mass is 9.84. The van der Waals surface area contributed by atoms with Gasteiger partial charge in [-0.25, -0.2) is 0 Å². The van der Waals surface area contributed by atoms with E-state index in [1.807, 2.05) is 0 Å². The molecule has 2 saturated heterocycles. The molecule has 4 N–H and O–H groups in total. The molecule has 2 heterocycles. The van der Waals surface area contributed by atoms with E-state index in [4.69, 9.17) is 5.73 Å². The van der Waals surface area contributed by atoms with Crippen molar-refractivity contribution in [3.63, 3.8) is 0 Å². The first-order chi connectivity index (χ1) is 10.1. The van der Waals surface area contributed by atoms with Gasteiger partial charge in [0.25, 0.3) is 0 Å². The average Bonchev–Trinajstić information content (AvgIpc) is 2.78. The standard InChI is InChI=1S/C16H27N3O2/c17-16(21)11-2-1-3-12(9-11)19-15(20)8-10-6-13-4-5-14(7-10)18-13/h10-14,18H,1-9H2,(H2,17,21)(H,19,20). The third-order valence-electron chi connectivity index (χ3n) is 5.49. The quantitative estimate of drug-likeness (QED) is 0.725. The molecule has 118 valence electrons. The molecule has 3 rings (SSSR count). The van der Waals surface area contributed by atoms with Crippen LogP contribution >= 0.6 is 0 Å². The van der Waals surface area contributed by atoms with Crippen LogP contribution in [0.5, 0.6) is 0 Å². The molecule has 1 aliphatic carbocycles. The van der Waals surface area contributed by atoms with Gasteiger partial charge in [0.1, 0.15) is 0 Å². The van der Waals surface area contributed by atoms with Gasteiger partial charge in [-0.2, -0.15) is 0 Å². The second-order valence-electron chi connectivity index (χ2n) is 7.21. The Morgan fingerprint density at radius 3 is 2.43 bits per heavy atom. The van der Waals surface area contributed by atoms with E-state index in [-0.39, 0.29) is 23.8 Å². The summed E-state index contributed by atoms with van der Waals surface area (Å²) in [6.45, 7) is 0. The monoisotopic (exact) mass is 293 g/mol. The number of carbonyl (C=O) groups is 2. The Hall–Kier alpha value is -1.10. The molecule has 0 spiro atoms. The van der Waals surface area contributed by atoms with Crippen molar-refractivity contribution in [1.29, 1.82) is 0 Å². The maximum atomic E-state index is 12.2. The van der Waals surface area contributed by atoms with Crippen LogP contribution in [-0.4, -0.2) is 29.9 Å². The van der Waals surface area contributed by atoms with Crippen molar-refractivity contribution in [3.05, 3.63) is 0 Å². The van der Waals surface area contributed by atoms with Crippen LogP contribution in [0.3, 0.4) is 0 Å². The van der Waals surface area contributed by atoms with Crippen LogP contribution in [0.15, 0.2) is 0 Å². The second-order valence-corrected chi connectivity index (χ2v) is 7.21. The SMILES string of the molecule is NC(=O)C1CCCC(NC(=O)CC2CC3CCC(C2)N3)C1. The molecule has 0 aromatic carbocycles. The summed E-state index contributed by atoms with van der Waals surface area (Å²) in [5.74, 6) is 0.415. The van der Waals surface area contributed by atoms with E-state index in [1.165, 1.54) is 12.8 Å². The molecule has 0 aromatic rings. The molecule has 5 heteroatoms. The Kier molecular flexibility index (Phi) is 4.48. The van der Waals surface area contributed by atoms with Gasteiger partial charge in [-0.1, -0.05) is 6.42 Å². The molecule has 1 saturated carbocycles. The summed E-state index contributed by atoms with van der Waals surface area (Å²) in [5.41, 5.74) is 5.39. The van der Waals surface area contributed by atoms with E-state index >= 15 is 0 Å². The van der Waals surface area contributed by atoms with Crippen molar-refractivity contribution in [2.45, 2.75) is 75.9 Å². The molecule has 0 aromatic heterocycles. The number of carbonyl (C=O) groups excluding carboxylic acids is 2. The van der Waals surface area contributed by atoms with Crippen LogP contribution in [0.4, 0.5) is 0 Å². The fourth-order valence-electron chi connectivity index (χ4n) is 4.47. The first-order valence-corrected chi connectivity index (χ1v) is 8.45. The minimum absolute atomic E-state index is 0.0567. The van der Waals surface area contributed by atoms with Crippen LogP contribution in [0.25, 0.3) is 0 Å². The van der Waals surface area contributed by atoms with Gasteiger partial charge in [-0.3, -0.25) is 9.59 Å². The number of amides is 2. The van der Waals surface area contributed by atoms with Gasteiger partial charge in [-0.15, -0.1) is 0 Å². The van der Waals surface area contributed by atoms with Gasteiger partial charge in [0.05, 0.1) is 0 Å². The maximum Gasteiger partial charge on any atom is 0.220 e. The van der Waals surface area contributed by atoms with Gasteiger partial charge in [0.2, 0.25) is 11.8 Å². The number of piperidine rings is 1. The lowest BCUT2D eigenvalue weighted by Crippen LogP contribution is -2.43. The van der Waals surface area contributed by atoms with Crippen LogP contribution in [0, 0.1) is 11.8 Å². The molecule has 5 nitrogen and oxygen atoms in total. The Labute approximate surface area is 126 Å². The van der Waals surface area contributed by atoms with Crippen molar-refractivity contribution in [3.8, 4) is 0 Å². The smallest absolute Gasteiger partial charge is 0.220 e. The fourth-order valence-corrected chi connectivity index (χ4v) is 4.47. The average molecular weight is 293 g/mol. The summed E-state index contributed by atoms with van der Waals surface area (Å²) in [6.07, 6.45) is 9.02. The predicted octanol–water partition coefficient (Wildman–Crippen LogP) is 1.07. The van der Waals surface area contributed by atoms with Crippen LogP contribution in [0.1, 0.15) is 57.8 Å². The molecule has 3 aliphatic rings. The highest BCUT2D eigenvalue weighted by atomic mass is 16.2. The summed E-state index contributed by atoms with van der Waals surface area (Å²) in [5, 5.41) is 6.74. The number of hydrogen-bond acceptors (Lipinski definition) is 3. The molecule has 2 bridgehead atoms. The zero-order chi connectivity index (χ0) is 14.8. The van der Waals surface area contributed by atoms with E-state index in [0.29, 0.717) is 24.4 Å². The zero-order valence-electron chi connectivity index (χ0n) is 12.6. The number of primary amides is 1. The van der Waals surface area contributed by atoms with Gasteiger partial charge in [0, 0.05) is 30.5 Å². The molecular weight excluding hydrogens is 266 g/mol. The summed E-state index contributed by atoms with van der Waals surface area (Å²) in [7, 11) is 0. The highest BCUT2D eigenvalue weighted by Gasteiger charge is 2.34.